The Kier molecular flexibility index (Phi) is 5.40. The van der Waals surface area contributed by atoms with E-state index in [1.165, 1.54) is 12.7 Å². The van der Waals surface area contributed by atoms with Gasteiger partial charge in [-0.2, -0.15) is 0 Å². The first-order valence-electron chi connectivity index (χ1n) is 5.86. The Bertz CT molecular complexity index is 379. The monoisotopic (exact) mass is 234 g/mol. The smallest absolute Gasteiger partial charge is 0.305 e. The number of carbonyl (C=O) groups excluding carboxylic acids is 2. The van der Waals surface area contributed by atoms with E-state index in [0.29, 0.717) is 24.8 Å². The lowest BCUT2D eigenvalue weighted by Crippen LogP contribution is -2.03. The van der Waals surface area contributed by atoms with E-state index in [2.05, 4.69) is 11.7 Å². The molecule has 0 saturated carbocycles. The Hall–Kier alpha value is -1.64. The fraction of sp³-hybridized carbons (Fsp3) is 0.429. The number of ketones is 1. The molecule has 1 aromatic rings. The lowest BCUT2D eigenvalue weighted by molar-refractivity contribution is -0.140. The maximum atomic E-state index is 11.8. The lowest BCUT2D eigenvalue weighted by Gasteiger charge is -2.02. The van der Waals surface area contributed by atoms with Crippen molar-refractivity contribution in [3.8, 4) is 0 Å². The second-order valence-corrected chi connectivity index (χ2v) is 3.90. The summed E-state index contributed by atoms with van der Waals surface area (Å²) in [5.74, 6) is -0.185. The molecule has 0 aromatic heterocycles. The van der Waals surface area contributed by atoms with Crippen LogP contribution >= 0.6 is 0 Å². The minimum atomic E-state index is -0.265. The Morgan fingerprint density at radius 1 is 1.12 bits per heavy atom. The zero-order chi connectivity index (χ0) is 12.7. The van der Waals surface area contributed by atoms with Crippen molar-refractivity contribution in [1.82, 2.24) is 0 Å². The molecule has 92 valence electrons. The van der Waals surface area contributed by atoms with Gasteiger partial charge in [0.15, 0.2) is 5.78 Å². The summed E-state index contributed by atoms with van der Waals surface area (Å²) in [5, 5.41) is 0. The van der Waals surface area contributed by atoms with Gasteiger partial charge < -0.3 is 4.74 Å². The van der Waals surface area contributed by atoms with Crippen molar-refractivity contribution in [2.45, 2.75) is 32.6 Å². The number of aryl methyl sites for hydroxylation is 1. The van der Waals surface area contributed by atoms with Gasteiger partial charge in [0.2, 0.25) is 0 Å². The van der Waals surface area contributed by atoms with Crippen LogP contribution in [0.3, 0.4) is 0 Å². The highest BCUT2D eigenvalue weighted by Crippen LogP contribution is 2.09. The highest BCUT2D eigenvalue weighted by atomic mass is 16.5. The third-order valence-corrected chi connectivity index (χ3v) is 2.70. The van der Waals surface area contributed by atoms with E-state index >= 15 is 0 Å². The molecule has 0 unspecified atom stereocenters. The van der Waals surface area contributed by atoms with E-state index in [1.807, 2.05) is 24.3 Å². The fourth-order valence-electron chi connectivity index (χ4n) is 1.57. The van der Waals surface area contributed by atoms with Gasteiger partial charge in [0.1, 0.15) is 0 Å². The average Bonchev–Trinajstić information content (AvgIpc) is 2.38. The number of hydrogen-bond donors (Lipinski definition) is 0. The van der Waals surface area contributed by atoms with Gasteiger partial charge in [0.25, 0.3) is 0 Å². The van der Waals surface area contributed by atoms with Crippen molar-refractivity contribution in [3.05, 3.63) is 35.4 Å². The highest BCUT2D eigenvalue weighted by Gasteiger charge is 2.07. The molecule has 0 aliphatic rings. The van der Waals surface area contributed by atoms with Crippen molar-refractivity contribution in [1.29, 1.82) is 0 Å². The molecule has 3 nitrogen and oxygen atoms in total. The molecule has 0 aliphatic heterocycles. The van der Waals surface area contributed by atoms with Crippen LogP contribution in [0.2, 0.25) is 0 Å². The van der Waals surface area contributed by atoms with Crippen molar-refractivity contribution < 1.29 is 14.3 Å². The summed E-state index contributed by atoms with van der Waals surface area (Å²) in [4.78, 5) is 22.6. The largest absolute Gasteiger partial charge is 0.469 e. The number of esters is 1. The standard InChI is InChI=1S/C14H18O3/c1-3-11-7-9-12(10-8-11)13(15)5-4-6-14(16)17-2/h7-10H,3-6H2,1-2H3. The molecule has 17 heavy (non-hydrogen) atoms. The van der Waals surface area contributed by atoms with Gasteiger partial charge in [0, 0.05) is 18.4 Å². The Labute approximate surface area is 102 Å². The summed E-state index contributed by atoms with van der Waals surface area (Å²) in [6.07, 6.45) is 2.20. The predicted molar refractivity (Wildman–Crippen MR) is 66.0 cm³/mol. The predicted octanol–water partition coefficient (Wildman–Crippen LogP) is 2.78. The number of rotatable bonds is 6. The number of hydrogen-bond acceptors (Lipinski definition) is 3. The first-order chi connectivity index (χ1) is 8.17. The summed E-state index contributed by atoms with van der Waals surface area (Å²) >= 11 is 0. The van der Waals surface area contributed by atoms with E-state index in [4.69, 9.17) is 0 Å². The molecular weight excluding hydrogens is 216 g/mol. The molecule has 1 rings (SSSR count). The number of Topliss-reactive ketones (excluding diaryl/α,β-unsaturated/α-hetero) is 1. The quantitative estimate of drug-likeness (QED) is 0.561. The summed E-state index contributed by atoms with van der Waals surface area (Å²) in [5.41, 5.74) is 1.93. The van der Waals surface area contributed by atoms with Crippen LogP contribution in [0.1, 0.15) is 42.1 Å². The van der Waals surface area contributed by atoms with Crippen LogP contribution in [0.4, 0.5) is 0 Å². The van der Waals surface area contributed by atoms with Crippen LogP contribution in [0, 0.1) is 0 Å². The molecule has 0 aliphatic carbocycles. The molecule has 0 fully saturated rings. The molecule has 0 N–H and O–H groups in total. The van der Waals surface area contributed by atoms with Gasteiger partial charge >= 0.3 is 5.97 Å². The number of methoxy groups -OCH3 is 1. The molecule has 0 atom stereocenters. The minimum absolute atomic E-state index is 0.0801. The second-order valence-electron chi connectivity index (χ2n) is 3.90. The van der Waals surface area contributed by atoms with Crippen LogP contribution in [-0.2, 0) is 16.0 Å². The Morgan fingerprint density at radius 3 is 2.29 bits per heavy atom. The molecular formula is C14H18O3. The molecule has 0 amide bonds. The van der Waals surface area contributed by atoms with Crippen LogP contribution in [-0.4, -0.2) is 18.9 Å². The average molecular weight is 234 g/mol. The van der Waals surface area contributed by atoms with Crippen molar-refractivity contribution >= 4 is 11.8 Å². The maximum Gasteiger partial charge on any atom is 0.305 e. The van der Waals surface area contributed by atoms with E-state index in [0.717, 1.165) is 6.42 Å². The van der Waals surface area contributed by atoms with Gasteiger partial charge in [-0.3, -0.25) is 9.59 Å². The Balaban J connectivity index is 2.44. The first-order valence-corrected chi connectivity index (χ1v) is 5.86. The Morgan fingerprint density at radius 2 is 1.76 bits per heavy atom. The second kappa shape index (κ2) is 6.84. The van der Waals surface area contributed by atoms with Gasteiger partial charge in [-0.25, -0.2) is 0 Å². The lowest BCUT2D eigenvalue weighted by atomic mass is 10.0. The van der Waals surface area contributed by atoms with Crippen LogP contribution in [0.15, 0.2) is 24.3 Å². The van der Waals surface area contributed by atoms with E-state index in [9.17, 15) is 9.59 Å². The van der Waals surface area contributed by atoms with Crippen molar-refractivity contribution in [2.24, 2.45) is 0 Å². The highest BCUT2D eigenvalue weighted by molar-refractivity contribution is 5.96. The topological polar surface area (TPSA) is 43.4 Å². The van der Waals surface area contributed by atoms with Crippen molar-refractivity contribution in [3.63, 3.8) is 0 Å². The number of carbonyl (C=O) groups is 2. The molecule has 1 aromatic carbocycles. The van der Waals surface area contributed by atoms with E-state index in [-0.39, 0.29) is 11.8 Å². The first kappa shape index (κ1) is 13.4. The van der Waals surface area contributed by atoms with E-state index < -0.39 is 0 Å². The SMILES string of the molecule is CCc1ccc(C(=O)CCCC(=O)OC)cc1. The van der Waals surface area contributed by atoms with Gasteiger partial charge in [0.05, 0.1) is 7.11 Å². The maximum absolute atomic E-state index is 11.8. The van der Waals surface area contributed by atoms with Gasteiger partial charge in [-0.05, 0) is 18.4 Å². The zero-order valence-corrected chi connectivity index (χ0v) is 10.4. The molecule has 0 saturated heterocycles. The third-order valence-electron chi connectivity index (χ3n) is 2.70. The molecule has 0 heterocycles. The molecule has 0 spiro atoms. The summed E-state index contributed by atoms with van der Waals surface area (Å²) in [7, 11) is 1.35. The van der Waals surface area contributed by atoms with Crippen LogP contribution < -0.4 is 0 Å². The number of ether oxygens (including phenoxy) is 1. The van der Waals surface area contributed by atoms with E-state index in [1.54, 1.807) is 0 Å². The van der Waals surface area contributed by atoms with Gasteiger partial charge in [-0.1, -0.05) is 31.2 Å². The van der Waals surface area contributed by atoms with Gasteiger partial charge in [-0.15, -0.1) is 0 Å². The number of benzene rings is 1. The summed E-state index contributed by atoms with van der Waals surface area (Å²) in [6.45, 7) is 2.08. The van der Waals surface area contributed by atoms with Crippen LogP contribution in [0.25, 0.3) is 0 Å². The van der Waals surface area contributed by atoms with Crippen molar-refractivity contribution in [2.75, 3.05) is 7.11 Å². The minimum Gasteiger partial charge on any atom is -0.469 e. The zero-order valence-electron chi connectivity index (χ0n) is 10.4. The molecule has 0 bridgehead atoms. The fourth-order valence-corrected chi connectivity index (χ4v) is 1.57. The van der Waals surface area contributed by atoms with Crippen LogP contribution in [0.5, 0.6) is 0 Å². The summed E-state index contributed by atoms with van der Waals surface area (Å²) in [6, 6.07) is 7.62. The molecule has 0 radical (unpaired) electrons. The third kappa shape index (κ3) is 4.39. The molecule has 3 heteroatoms. The summed E-state index contributed by atoms with van der Waals surface area (Å²) < 4.78 is 4.52. The normalized spacial score (nSPS) is 10.0.